The largest absolute Gasteiger partial charge is 0.750 e. The van der Waals surface area contributed by atoms with Gasteiger partial charge in [-0.1, -0.05) is 6.92 Å². The third-order valence-electron chi connectivity index (χ3n) is 1.49. The van der Waals surface area contributed by atoms with Crippen LogP contribution in [0, 0.1) is 0 Å². The number of hydrogen-bond donors (Lipinski definition) is 0. The van der Waals surface area contributed by atoms with E-state index < -0.39 is 9.05 Å². The first kappa shape index (κ1) is 19.3. The van der Waals surface area contributed by atoms with Gasteiger partial charge in [-0.15, -0.1) is 0 Å². The standard InChI is InChI=1S/C9H20O4SSi.Na/c1-5-9(14)13-15(10-6-2,11-7-3)12-8-4;/h5-8H2,1-4H3;. The fourth-order valence-corrected chi connectivity index (χ4v) is 3.17. The summed E-state index contributed by atoms with van der Waals surface area (Å²) in [4.78, 5) is 0. The summed E-state index contributed by atoms with van der Waals surface area (Å²) in [5.74, 6) is 0. The molecule has 0 aliphatic rings. The molecule has 0 unspecified atom stereocenters. The van der Waals surface area contributed by atoms with Crippen LogP contribution in [-0.2, 0) is 17.7 Å². The molecule has 0 atom stereocenters. The minimum Gasteiger partial charge on any atom is -0.474 e. The van der Waals surface area contributed by atoms with E-state index in [0.29, 0.717) is 31.3 Å². The van der Waals surface area contributed by atoms with E-state index in [1.54, 1.807) is 0 Å². The van der Waals surface area contributed by atoms with Crippen LogP contribution in [0.5, 0.6) is 0 Å². The van der Waals surface area contributed by atoms with Gasteiger partial charge in [-0.2, -0.15) is 0 Å². The average molecular weight is 275 g/mol. The Morgan fingerprint density at radius 2 is 1.31 bits per heavy atom. The molecule has 0 bridgehead atoms. The second-order valence-electron chi connectivity index (χ2n) is 2.63. The van der Waals surface area contributed by atoms with Crippen LogP contribution in [0.4, 0.5) is 0 Å². The molecule has 0 aromatic rings. The zero-order chi connectivity index (χ0) is 11.7. The first-order chi connectivity index (χ1) is 7.14. The molecule has 0 fully saturated rings. The van der Waals surface area contributed by atoms with Crippen LogP contribution in [0.3, 0.4) is 0 Å². The molecule has 0 amide bonds. The molecule has 0 aromatic heterocycles. The van der Waals surface area contributed by atoms with Gasteiger partial charge in [0.25, 0.3) is 0 Å². The summed E-state index contributed by atoms with van der Waals surface area (Å²) < 4.78 is 21.9. The van der Waals surface area contributed by atoms with Gasteiger partial charge in [0, 0.05) is 55.8 Å². The van der Waals surface area contributed by atoms with E-state index in [1.165, 1.54) is 0 Å². The van der Waals surface area contributed by atoms with Gasteiger partial charge in [0.05, 0.1) is 0 Å². The maximum Gasteiger partial charge on any atom is 0.750 e. The fraction of sp³-hybridized carbons (Fsp3) is 0.889. The van der Waals surface area contributed by atoms with E-state index in [0.717, 1.165) is 0 Å². The summed E-state index contributed by atoms with van der Waals surface area (Å²) in [6.45, 7) is 9.00. The van der Waals surface area contributed by atoms with E-state index in [4.69, 9.17) is 29.9 Å². The van der Waals surface area contributed by atoms with Gasteiger partial charge in [-0.25, -0.2) is 0 Å². The summed E-state index contributed by atoms with van der Waals surface area (Å²) in [5, 5.41) is 0.469. The van der Waals surface area contributed by atoms with Crippen molar-refractivity contribution in [3.8, 4) is 0 Å². The van der Waals surface area contributed by atoms with E-state index in [1.807, 2.05) is 27.7 Å². The van der Waals surface area contributed by atoms with Crippen LogP contribution in [0.2, 0.25) is 0 Å². The van der Waals surface area contributed by atoms with Crippen LogP contribution in [0.1, 0.15) is 34.1 Å². The van der Waals surface area contributed by atoms with Gasteiger partial charge in [-0.05, 0) is 33.0 Å². The summed E-state index contributed by atoms with van der Waals surface area (Å²) in [7, 11) is -3.02. The van der Waals surface area contributed by atoms with Gasteiger partial charge in [0.15, 0.2) is 0 Å². The van der Waals surface area contributed by atoms with Crippen LogP contribution in [-0.4, -0.2) is 63.5 Å². The normalized spacial score (nSPS) is 10.8. The summed E-state index contributed by atoms with van der Waals surface area (Å²) in [5.41, 5.74) is 0. The molecule has 1 radical (unpaired) electrons. The van der Waals surface area contributed by atoms with Crippen molar-refractivity contribution < 1.29 is 17.7 Å². The molecule has 0 rings (SSSR count). The van der Waals surface area contributed by atoms with Gasteiger partial charge in [-0.3, -0.25) is 0 Å². The molecule has 7 heteroatoms. The van der Waals surface area contributed by atoms with E-state index in [-0.39, 0.29) is 29.6 Å². The van der Waals surface area contributed by atoms with Crippen molar-refractivity contribution in [2.24, 2.45) is 0 Å². The van der Waals surface area contributed by atoms with Crippen LogP contribution in [0.25, 0.3) is 0 Å². The zero-order valence-corrected chi connectivity index (χ0v) is 14.7. The molecule has 0 aliphatic carbocycles. The van der Waals surface area contributed by atoms with Crippen molar-refractivity contribution in [3.05, 3.63) is 0 Å². The molecule has 16 heavy (non-hydrogen) atoms. The minimum absolute atomic E-state index is 0. The molecule has 0 spiro atoms. The molecular formula is C9H20NaO4SSi. The molecule has 4 nitrogen and oxygen atoms in total. The van der Waals surface area contributed by atoms with Crippen LogP contribution in [0.15, 0.2) is 0 Å². The molecule has 0 heterocycles. The van der Waals surface area contributed by atoms with Gasteiger partial charge >= 0.3 is 9.05 Å². The van der Waals surface area contributed by atoms with Gasteiger partial charge < -0.3 is 17.7 Å². The second-order valence-corrected chi connectivity index (χ2v) is 5.15. The quantitative estimate of drug-likeness (QED) is 0.499. The third-order valence-corrected chi connectivity index (χ3v) is 4.43. The topological polar surface area (TPSA) is 36.9 Å². The zero-order valence-electron chi connectivity index (χ0n) is 10.9. The van der Waals surface area contributed by atoms with Crippen LogP contribution < -0.4 is 0 Å². The number of rotatable bonds is 8. The molecule has 0 saturated heterocycles. The van der Waals surface area contributed by atoms with Gasteiger partial charge in [0.1, 0.15) is 5.05 Å². The molecule has 0 aromatic carbocycles. The van der Waals surface area contributed by atoms with E-state index in [2.05, 4.69) is 0 Å². The van der Waals surface area contributed by atoms with Gasteiger partial charge in [0.2, 0.25) is 0 Å². The van der Waals surface area contributed by atoms with E-state index in [9.17, 15) is 0 Å². The monoisotopic (exact) mass is 275 g/mol. The smallest absolute Gasteiger partial charge is 0.474 e. The number of thiocarbonyl (C=S) groups is 1. The summed E-state index contributed by atoms with van der Waals surface area (Å²) in [6.07, 6.45) is 0.650. The molecule has 0 N–H and O–H groups in total. The van der Waals surface area contributed by atoms with Crippen molar-refractivity contribution in [2.45, 2.75) is 34.1 Å². The molecule has 0 aliphatic heterocycles. The maximum atomic E-state index is 5.51. The Labute approximate surface area is 127 Å². The van der Waals surface area contributed by atoms with Crippen molar-refractivity contribution in [3.63, 3.8) is 0 Å². The predicted molar refractivity (Wildman–Crippen MR) is 70.4 cm³/mol. The molecule has 91 valence electrons. The summed E-state index contributed by atoms with van der Waals surface area (Å²) in [6, 6.07) is 0. The Balaban J connectivity index is 0. The van der Waals surface area contributed by atoms with Crippen molar-refractivity contribution in [1.29, 1.82) is 0 Å². The Morgan fingerprint density at radius 1 is 0.938 bits per heavy atom. The first-order valence-corrected chi connectivity index (χ1v) is 7.31. The third kappa shape index (κ3) is 7.34. The Morgan fingerprint density at radius 3 is 1.56 bits per heavy atom. The Bertz CT molecular complexity index is 177. The average Bonchev–Trinajstić information content (AvgIpc) is 2.18. The van der Waals surface area contributed by atoms with E-state index >= 15 is 0 Å². The minimum atomic E-state index is -3.02. The first-order valence-electron chi connectivity index (χ1n) is 5.27. The van der Waals surface area contributed by atoms with Crippen molar-refractivity contribution >= 4 is 55.9 Å². The predicted octanol–water partition coefficient (Wildman–Crippen LogP) is 1.90. The SMILES string of the molecule is CCO[Si](OCC)(OCC)OC(=S)CC.[Na]. The molecular weight excluding hydrogens is 255 g/mol. The molecule has 0 saturated carbocycles. The Kier molecular flexibility index (Phi) is 13.4. The fourth-order valence-electron chi connectivity index (χ4n) is 0.955. The number of hydrogen-bond acceptors (Lipinski definition) is 5. The Hall–Kier alpha value is 0.987. The van der Waals surface area contributed by atoms with Crippen molar-refractivity contribution in [2.75, 3.05) is 19.8 Å². The maximum absolute atomic E-state index is 5.51. The van der Waals surface area contributed by atoms with Crippen molar-refractivity contribution in [1.82, 2.24) is 0 Å². The second kappa shape index (κ2) is 11.1. The summed E-state index contributed by atoms with van der Waals surface area (Å²) >= 11 is 5.02. The van der Waals surface area contributed by atoms with Crippen LogP contribution >= 0.6 is 12.2 Å².